The molecule has 0 unspecified atom stereocenters. The first kappa shape index (κ1) is 9.04. The minimum atomic E-state index is -2.78. The lowest BCUT2D eigenvalue weighted by Crippen LogP contribution is -2.30. The summed E-state index contributed by atoms with van der Waals surface area (Å²) in [5, 5.41) is -0.0590. The average Bonchev–Trinajstić information content (AvgIpc) is 1.86. The van der Waals surface area contributed by atoms with Crippen molar-refractivity contribution in [3.63, 3.8) is 0 Å². The first-order valence-electron chi connectivity index (χ1n) is 4.20. The van der Waals surface area contributed by atoms with E-state index in [4.69, 9.17) is 0 Å². The topological polar surface area (TPSA) is 34.1 Å². The van der Waals surface area contributed by atoms with E-state index in [1.54, 1.807) is 0 Å². The number of hydrogen-bond acceptors (Lipinski definition) is 2. The SMILES string of the molecule is C[C@@H]1CCCC[C@@H]1S(C)(=O)=O. The van der Waals surface area contributed by atoms with Crippen molar-refractivity contribution in [3.8, 4) is 0 Å². The fourth-order valence-corrected chi connectivity index (χ4v) is 3.49. The molecule has 1 saturated carbocycles. The van der Waals surface area contributed by atoms with Gasteiger partial charge in [-0.25, -0.2) is 8.42 Å². The molecule has 1 rings (SSSR count). The van der Waals surface area contributed by atoms with Gasteiger partial charge in [-0.2, -0.15) is 0 Å². The highest BCUT2D eigenvalue weighted by atomic mass is 32.2. The summed E-state index contributed by atoms with van der Waals surface area (Å²) < 4.78 is 22.4. The van der Waals surface area contributed by atoms with E-state index in [0.717, 1.165) is 19.3 Å². The second-order valence-corrected chi connectivity index (χ2v) is 5.89. The Morgan fingerprint density at radius 1 is 1.18 bits per heavy atom. The number of rotatable bonds is 1. The smallest absolute Gasteiger partial charge is 0.150 e. The Morgan fingerprint density at radius 2 is 1.73 bits per heavy atom. The summed E-state index contributed by atoms with van der Waals surface area (Å²) in [4.78, 5) is 0. The zero-order valence-corrected chi connectivity index (χ0v) is 8.02. The average molecular weight is 176 g/mol. The van der Waals surface area contributed by atoms with Gasteiger partial charge < -0.3 is 0 Å². The molecule has 1 aliphatic rings. The van der Waals surface area contributed by atoms with Crippen LogP contribution in [0, 0.1) is 5.92 Å². The van der Waals surface area contributed by atoms with Gasteiger partial charge in [-0.15, -0.1) is 0 Å². The molecule has 0 aromatic rings. The van der Waals surface area contributed by atoms with Crippen LogP contribution in [-0.4, -0.2) is 19.9 Å². The molecule has 2 atom stereocenters. The molecule has 1 fully saturated rings. The van der Waals surface area contributed by atoms with Crippen molar-refractivity contribution < 1.29 is 8.42 Å². The first-order chi connectivity index (χ1) is 5.02. The van der Waals surface area contributed by atoms with Crippen LogP contribution >= 0.6 is 0 Å². The van der Waals surface area contributed by atoms with Gasteiger partial charge in [0.25, 0.3) is 0 Å². The molecule has 66 valence electrons. The van der Waals surface area contributed by atoms with Crippen LogP contribution in [0.3, 0.4) is 0 Å². The molecular formula is C8H16O2S. The van der Waals surface area contributed by atoms with E-state index in [9.17, 15) is 8.42 Å². The van der Waals surface area contributed by atoms with Gasteiger partial charge in [0.15, 0.2) is 9.84 Å². The summed E-state index contributed by atoms with van der Waals surface area (Å²) in [6.45, 7) is 2.05. The Hall–Kier alpha value is -0.0500. The van der Waals surface area contributed by atoms with E-state index in [-0.39, 0.29) is 5.25 Å². The molecule has 0 bridgehead atoms. The Bertz CT molecular complexity index is 218. The maximum atomic E-state index is 11.2. The zero-order chi connectivity index (χ0) is 8.48. The third-order valence-corrected chi connectivity index (χ3v) is 4.38. The van der Waals surface area contributed by atoms with Gasteiger partial charge in [-0.3, -0.25) is 0 Å². The van der Waals surface area contributed by atoms with E-state index < -0.39 is 9.84 Å². The molecule has 0 N–H and O–H groups in total. The van der Waals surface area contributed by atoms with Crippen molar-refractivity contribution >= 4 is 9.84 Å². The molecule has 0 aliphatic heterocycles. The van der Waals surface area contributed by atoms with Crippen LogP contribution < -0.4 is 0 Å². The van der Waals surface area contributed by atoms with Crippen LogP contribution in [0.1, 0.15) is 32.6 Å². The van der Waals surface area contributed by atoms with Gasteiger partial charge in [0, 0.05) is 6.26 Å². The highest BCUT2D eigenvalue weighted by molar-refractivity contribution is 7.91. The van der Waals surface area contributed by atoms with E-state index in [1.165, 1.54) is 12.7 Å². The van der Waals surface area contributed by atoms with Gasteiger partial charge in [-0.05, 0) is 18.8 Å². The second-order valence-electron chi connectivity index (χ2n) is 3.63. The Kier molecular flexibility index (Phi) is 2.58. The lowest BCUT2D eigenvalue weighted by molar-refractivity contribution is 0.382. The molecule has 0 spiro atoms. The normalized spacial score (nSPS) is 33.6. The van der Waals surface area contributed by atoms with E-state index in [2.05, 4.69) is 0 Å². The largest absolute Gasteiger partial charge is 0.229 e. The molecule has 0 heterocycles. The van der Waals surface area contributed by atoms with Gasteiger partial charge in [0.05, 0.1) is 5.25 Å². The molecule has 0 aromatic carbocycles. The fourth-order valence-electron chi connectivity index (χ4n) is 1.92. The van der Waals surface area contributed by atoms with Gasteiger partial charge >= 0.3 is 0 Å². The van der Waals surface area contributed by atoms with E-state index in [0.29, 0.717) is 5.92 Å². The Labute approximate surface area is 68.9 Å². The molecule has 3 heteroatoms. The Morgan fingerprint density at radius 3 is 2.09 bits per heavy atom. The molecule has 11 heavy (non-hydrogen) atoms. The maximum absolute atomic E-state index is 11.2. The second kappa shape index (κ2) is 3.13. The minimum absolute atomic E-state index is 0.0590. The predicted molar refractivity (Wildman–Crippen MR) is 46.3 cm³/mol. The lowest BCUT2D eigenvalue weighted by Gasteiger charge is -2.26. The maximum Gasteiger partial charge on any atom is 0.150 e. The van der Waals surface area contributed by atoms with Crippen LogP contribution in [0.2, 0.25) is 0 Å². The lowest BCUT2D eigenvalue weighted by atomic mass is 9.90. The van der Waals surface area contributed by atoms with Crippen LogP contribution in [-0.2, 0) is 9.84 Å². The van der Waals surface area contributed by atoms with Crippen molar-refractivity contribution in [2.24, 2.45) is 5.92 Å². The summed E-state index contributed by atoms with van der Waals surface area (Å²) in [6.07, 6.45) is 5.60. The molecule has 2 nitrogen and oxygen atoms in total. The number of sulfone groups is 1. The van der Waals surface area contributed by atoms with Crippen molar-refractivity contribution in [1.29, 1.82) is 0 Å². The molecule has 0 aromatic heterocycles. The summed E-state index contributed by atoms with van der Waals surface area (Å²) >= 11 is 0. The van der Waals surface area contributed by atoms with Gasteiger partial charge in [-0.1, -0.05) is 19.8 Å². The summed E-state index contributed by atoms with van der Waals surface area (Å²) in [6, 6.07) is 0. The predicted octanol–water partition coefficient (Wildman–Crippen LogP) is 1.61. The number of hydrogen-bond donors (Lipinski definition) is 0. The third-order valence-electron chi connectivity index (χ3n) is 2.58. The Balaban J connectivity index is 2.70. The van der Waals surface area contributed by atoms with Gasteiger partial charge in [0.2, 0.25) is 0 Å². The van der Waals surface area contributed by atoms with Crippen LogP contribution in [0.5, 0.6) is 0 Å². The molecule has 0 saturated heterocycles. The molecule has 0 radical (unpaired) electrons. The summed E-state index contributed by atoms with van der Waals surface area (Å²) in [5.41, 5.74) is 0. The quantitative estimate of drug-likeness (QED) is 0.608. The van der Waals surface area contributed by atoms with Crippen molar-refractivity contribution in [2.45, 2.75) is 37.9 Å². The summed E-state index contributed by atoms with van der Waals surface area (Å²) in [5.74, 6) is 0.374. The minimum Gasteiger partial charge on any atom is -0.229 e. The van der Waals surface area contributed by atoms with Gasteiger partial charge in [0.1, 0.15) is 0 Å². The highest BCUT2D eigenvalue weighted by Crippen LogP contribution is 2.28. The zero-order valence-electron chi connectivity index (χ0n) is 7.21. The standard InChI is InChI=1S/C8H16O2S/c1-7-5-3-4-6-8(7)11(2,9)10/h7-8H,3-6H2,1-2H3/t7-,8+/m1/s1. The van der Waals surface area contributed by atoms with E-state index in [1.807, 2.05) is 6.92 Å². The van der Waals surface area contributed by atoms with Crippen LogP contribution in [0.25, 0.3) is 0 Å². The fraction of sp³-hybridized carbons (Fsp3) is 1.00. The third kappa shape index (κ3) is 2.19. The van der Waals surface area contributed by atoms with Crippen molar-refractivity contribution in [2.75, 3.05) is 6.26 Å². The van der Waals surface area contributed by atoms with Crippen LogP contribution in [0.15, 0.2) is 0 Å². The van der Waals surface area contributed by atoms with E-state index >= 15 is 0 Å². The molecular weight excluding hydrogens is 160 g/mol. The van der Waals surface area contributed by atoms with Crippen LogP contribution in [0.4, 0.5) is 0 Å². The monoisotopic (exact) mass is 176 g/mol. The van der Waals surface area contributed by atoms with Crippen molar-refractivity contribution in [1.82, 2.24) is 0 Å². The van der Waals surface area contributed by atoms with Crippen molar-refractivity contribution in [3.05, 3.63) is 0 Å². The molecule has 1 aliphatic carbocycles. The first-order valence-corrected chi connectivity index (χ1v) is 6.16. The highest BCUT2D eigenvalue weighted by Gasteiger charge is 2.29. The molecule has 0 amide bonds. The summed E-state index contributed by atoms with van der Waals surface area (Å²) in [7, 11) is -2.78.